The number of anilines is 2. The quantitative estimate of drug-likeness (QED) is 0.586. The highest BCUT2D eigenvalue weighted by atomic mass is 32.1. The molecule has 0 spiro atoms. The van der Waals surface area contributed by atoms with Gasteiger partial charge in [0.25, 0.3) is 0 Å². The van der Waals surface area contributed by atoms with Gasteiger partial charge in [0.05, 0.1) is 6.54 Å². The zero-order valence-corrected chi connectivity index (χ0v) is 19.1. The van der Waals surface area contributed by atoms with Crippen molar-refractivity contribution in [2.75, 3.05) is 23.8 Å². The van der Waals surface area contributed by atoms with Crippen molar-refractivity contribution in [3.8, 4) is 11.3 Å². The molecule has 1 atom stereocenters. The van der Waals surface area contributed by atoms with E-state index in [1.165, 1.54) is 23.5 Å². The summed E-state index contributed by atoms with van der Waals surface area (Å²) in [5, 5.41) is 11.8. The molecule has 3 rings (SSSR count). The number of benzene rings is 1. The molecule has 30 heavy (non-hydrogen) atoms. The number of hydrogen-bond donors (Lipinski definition) is 2. The summed E-state index contributed by atoms with van der Waals surface area (Å²) in [6.45, 7) is 10.4. The van der Waals surface area contributed by atoms with Crippen molar-refractivity contribution in [2.45, 2.75) is 52.6 Å². The number of rotatable bonds is 7. The van der Waals surface area contributed by atoms with Crippen LogP contribution in [0.1, 0.15) is 41.0 Å². The molecule has 0 aliphatic rings. The van der Waals surface area contributed by atoms with Gasteiger partial charge in [-0.25, -0.2) is 9.37 Å². The molecule has 3 aromatic rings. The van der Waals surface area contributed by atoms with Crippen LogP contribution in [-0.4, -0.2) is 45.7 Å². The predicted molar refractivity (Wildman–Crippen MR) is 121 cm³/mol. The maximum Gasteiger partial charge on any atom is 0.239 e. The van der Waals surface area contributed by atoms with Gasteiger partial charge < -0.3 is 15.5 Å². The van der Waals surface area contributed by atoms with Crippen LogP contribution in [0.3, 0.4) is 0 Å². The van der Waals surface area contributed by atoms with Crippen LogP contribution in [0.4, 0.5) is 15.3 Å². The Bertz CT molecular complexity index is 1020. The van der Waals surface area contributed by atoms with Crippen molar-refractivity contribution in [1.29, 1.82) is 0 Å². The van der Waals surface area contributed by atoms with Crippen LogP contribution in [0.5, 0.6) is 0 Å². The number of likely N-dealkylation sites (N-methyl/N-ethyl adjacent to an activating group) is 1. The number of fused-ring (bicyclic) bond motifs is 1. The van der Waals surface area contributed by atoms with Crippen LogP contribution in [0.2, 0.25) is 0 Å². The fourth-order valence-corrected chi connectivity index (χ4v) is 3.74. The Morgan fingerprint density at radius 3 is 2.57 bits per heavy atom. The highest BCUT2D eigenvalue weighted by Gasteiger charge is 2.23. The molecule has 2 aromatic heterocycles. The molecule has 0 radical (unpaired) electrons. The van der Waals surface area contributed by atoms with Gasteiger partial charge in [-0.05, 0) is 58.4 Å². The molecule has 1 aromatic carbocycles. The number of aromatic nitrogens is 3. The van der Waals surface area contributed by atoms with Gasteiger partial charge in [-0.1, -0.05) is 18.3 Å². The number of carbonyl (C=O) groups is 1. The lowest BCUT2D eigenvalue weighted by molar-refractivity contribution is -0.120. The van der Waals surface area contributed by atoms with E-state index < -0.39 is 0 Å². The summed E-state index contributed by atoms with van der Waals surface area (Å²) in [6.07, 6.45) is 0.883. The smallest absolute Gasteiger partial charge is 0.239 e. The van der Waals surface area contributed by atoms with Gasteiger partial charge in [-0.15, -0.1) is 5.10 Å². The second kappa shape index (κ2) is 8.59. The third-order valence-electron chi connectivity index (χ3n) is 4.53. The topological polar surface area (TPSA) is 74.6 Å². The minimum atomic E-state index is -0.289. The zero-order valence-electron chi connectivity index (χ0n) is 18.3. The summed E-state index contributed by atoms with van der Waals surface area (Å²) in [5.74, 6) is 0.409. The van der Waals surface area contributed by atoms with Gasteiger partial charge in [0.1, 0.15) is 11.5 Å². The van der Waals surface area contributed by atoms with Gasteiger partial charge in [0.15, 0.2) is 5.82 Å². The van der Waals surface area contributed by atoms with Gasteiger partial charge in [0.2, 0.25) is 16.0 Å². The molecule has 0 fully saturated rings. The molecule has 0 bridgehead atoms. The van der Waals surface area contributed by atoms with Crippen LogP contribution >= 0.6 is 11.3 Å². The van der Waals surface area contributed by atoms with Crippen LogP contribution in [0.25, 0.3) is 16.2 Å². The molecule has 7 nitrogen and oxygen atoms in total. The highest BCUT2D eigenvalue weighted by Crippen LogP contribution is 2.34. The lowest BCUT2D eigenvalue weighted by Gasteiger charge is -2.22. The van der Waals surface area contributed by atoms with E-state index in [9.17, 15) is 9.18 Å². The molecule has 0 aliphatic heterocycles. The molecule has 9 heteroatoms. The Balaban J connectivity index is 1.93. The second-order valence-electron chi connectivity index (χ2n) is 8.50. The Kier molecular flexibility index (Phi) is 6.30. The third-order valence-corrected chi connectivity index (χ3v) is 5.55. The highest BCUT2D eigenvalue weighted by molar-refractivity contribution is 7.20. The maximum absolute atomic E-state index is 13.4. The zero-order chi connectivity index (χ0) is 22.1. The second-order valence-corrected chi connectivity index (χ2v) is 9.44. The average Bonchev–Trinajstić information content (AvgIpc) is 3.20. The van der Waals surface area contributed by atoms with Crippen molar-refractivity contribution >= 4 is 33.2 Å². The van der Waals surface area contributed by atoms with Gasteiger partial charge >= 0.3 is 0 Å². The first-order valence-electron chi connectivity index (χ1n) is 10.0. The van der Waals surface area contributed by atoms with Crippen molar-refractivity contribution in [2.24, 2.45) is 0 Å². The lowest BCUT2D eigenvalue weighted by atomic mass is 10.1. The number of amides is 1. The Morgan fingerprint density at radius 2 is 1.97 bits per heavy atom. The molecular weight excluding hydrogens is 403 g/mol. The van der Waals surface area contributed by atoms with E-state index in [4.69, 9.17) is 10.1 Å². The van der Waals surface area contributed by atoms with E-state index in [-0.39, 0.29) is 29.8 Å². The van der Waals surface area contributed by atoms with Crippen molar-refractivity contribution in [3.05, 3.63) is 30.1 Å². The Labute approximate surface area is 180 Å². The summed E-state index contributed by atoms with van der Waals surface area (Å²) in [6, 6.07) is 6.41. The molecule has 1 amide bonds. The van der Waals surface area contributed by atoms with E-state index in [2.05, 4.69) is 31.4 Å². The van der Waals surface area contributed by atoms with Crippen molar-refractivity contribution < 1.29 is 9.18 Å². The van der Waals surface area contributed by atoms with E-state index in [1.807, 2.05) is 25.8 Å². The average molecular weight is 433 g/mol. The molecule has 162 valence electrons. The summed E-state index contributed by atoms with van der Waals surface area (Å²) < 4.78 is 15.1. The number of nitrogens with zero attached hydrogens (tertiary/aromatic N) is 4. The number of hydrogen-bond acceptors (Lipinski definition) is 6. The summed E-state index contributed by atoms with van der Waals surface area (Å²) >= 11 is 1.40. The summed E-state index contributed by atoms with van der Waals surface area (Å²) in [7, 11) is 1.84. The standard InChI is InChI=1S/C21H29FN6OS/c1-7-13(2)23-16(29)12-27(6)20-26-28-18(25-21(3,4)5)17(24-19(28)30-20)14-8-10-15(22)11-9-14/h8-11,13,25H,7,12H2,1-6H3,(H,23,29)/t13-/m1/s1. The minimum absolute atomic E-state index is 0.0419. The van der Waals surface area contributed by atoms with E-state index in [0.29, 0.717) is 15.8 Å². The number of carbonyl (C=O) groups excluding carboxylic acids is 1. The predicted octanol–water partition coefficient (Wildman–Crippen LogP) is 4.16. The first-order valence-corrected chi connectivity index (χ1v) is 10.8. The first kappa shape index (κ1) is 22.0. The fourth-order valence-electron chi connectivity index (χ4n) is 2.87. The molecule has 2 N–H and O–H groups in total. The molecule has 2 heterocycles. The minimum Gasteiger partial charge on any atom is -0.364 e. The normalized spacial score (nSPS) is 12.8. The van der Waals surface area contributed by atoms with Crippen molar-refractivity contribution in [3.63, 3.8) is 0 Å². The van der Waals surface area contributed by atoms with Crippen molar-refractivity contribution in [1.82, 2.24) is 19.9 Å². The number of imidazole rings is 1. The molecular formula is C21H29FN6OS. The van der Waals surface area contributed by atoms with E-state index in [0.717, 1.165) is 17.8 Å². The molecule has 0 aliphatic carbocycles. The van der Waals surface area contributed by atoms with Crippen LogP contribution in [0, 0.1) is 5.82 Å². The number of nitrogens with one attached hydrogen (secondary N) is 2. The molecule has 0 saturated heterocycles. The van der Waals surface area contributed by atoms with Gasteiger partial charge in [-0.3, -0.25) is 4.79 Å². The van der Waals surface area contributed by atoms with E-state index in [1.54, 1.807) is 16.6 Å². The molecule has 0 saturated carbocycles. The maximum atomic E-state index is 13.4. The van der Waals surface area contributed by atoms with Crippen LogP contribution < -0.4 is 15.5 Å². The summed E-state index contributed by atoms with van der Waals surface area (Å²) in [5.41, 5.74) is 1.30. The number of halogens is 1. The molecule has 0 unspecified atom stereocenters. The lowest BCUT2D eigenvalue weighted by Crippen LogP contribution is -2.39. The largest absolute Gasteiger partial charge is 0.364 e. The SMILES string of the molecule is CC[C@@H](C)NC(=O)CN(C)c1nn2c(NC(C)(C)C)c(-c3ccc(F)cc3)nc2s1. The van der Waals surface area contributed by atoms with Gasteiger partial charge in [0, 0.05) is 24.2 Å². The Morgan fingerprint density at radius 1 is 1.30 bits per heavy atom. The van der Waals surface area contributed by atoms with E-state index >= 15 is 0 Å². The summed E-state index contributed by atoms with van der Waals surface area (Å²) in [4.78, 5) is 19.5. The first-order chi connectivity index (χ1) is 14.1. The van der Waals surface area contributed by atoms with Gasteiger partial charge in [-0.2, -0.15) is 4.52 Å². The van der Waals surface area contributed by atoms with Crippen LogP contribution in [-0.2, 0) is 4.79 Å². The monoisotopic (exact) mass is 432 g/mol. The van der Waals surface area contributed by atoms with Crippen LogP contribution in [0.15, 0.2) is 24.3 Å². The third kappa shape index (κ3) is 5.08. The fraction of sp³-hybridized carbons (Fsp3) is 0.476. The Hall–Kier alpha value is -2.68.